The third kappa shape index (κ3) is 5.07. The molecule has 3 rings (SSSR count). The van der Waals surface area contributed by atoms with E-state index < -0.39 is 11.7 Å². The van der Waals surface area contributed by atoms with Crippen LogP contribution in [-0.4, -0.2) is 9.97 Å². The van der Waals surface area contributed by atoms with E-state index in [2.05, 4.69) is 20.6 Å². The van der Waals surface area contributed by atoms with Crippen LogP contribution in [0, 0.1) is 5.82 Å². The fourth-order valence-electron chi connectivity index (χ4n) is 2.23. The van der Waals surface area contributed by atoms with Crippen LogP contribution in [0.25, 0.3) is 0 Å². The van der Waals surface area contributed by atoms with Crippen LogP contribution in [0.4, 0.5) is 35.0 Å². The lowest BCUT2D eigenvalue weighted by Crippen LogP contribution is -2.07. The molecule has 0 aliphatic heterocycles. The molecule has 0 fully saturated rings. The minimum absolute atomic E-state index is 0.0784. The minimum atomic E-state index is -4.48. The third-order valence-corrected chi connectivity index (χ3v) is 3.91. The number of nitrogens with one attached hydrogen (secondary N) is 2. The average molecular weight is 397 g/mol. The highest BCUT2D eigenvalue weighted by Gasteiger charge is 2.31. The van der Waals surface area contributed by atoms with E-state index in [1.807, 2.05) is 0 Å². The number of aromatic nitrogens is 2. The smallest absolute Gasteiger partial charge is 0.350 e. The van der Waals surface area contributed by atoms with Crippen LogP contribution in [0.5, 0.6) is 0 Å². The summed E-state index contributed by atoms with van der Waals surface area (Å²) >= 11 is 5.97. The summed E-state index contributed by atoms with van der Waals surface area (Å²) in [5, 5.41) is 5.84. The summed E-state index contributed by atoms with van der Waals surface area (Å²) in [5.74, 6) is 0.194. The first-order valence-electron chi connectivity index (χ1n) is 7.76. The van der Waals surface area contributed by atoms with E-state index in [1.165, 1.54) is 30.5 Å². The van der Waals surface area contributed by atoms with Gasteiger partial charge in [-0.15, -0.1) is 0 Å². The highest BCUT2D eigenvalue weighted by molar-refractivity contribution is 6.33. The summed E-state index contributed by atoms with van der Waals surface area (Å²) in [6.07, 6.45) is -3.03. The number of rotatable bonds is 5. The van der Waals surface area contributed by atoms with Gasteiger partial charge in [-0.05, 0) is 42.0 Å². The van der Waals surface area contributed by atoms with Crippen molar-refractivity contribution in [3.63, 3.8) is 0 Å². The number of benzene rings is 2. The Hall–Kier alpha value is -2.87. The van der Waals surface area contributed by atoms with Crippen LogP contribution < -0.4 is 10.6 Å². The van der Waals surface area contributed by atoms with Gasteiger partial charge in [0.1, 0.15) is 11.6 Å². The summed E-state index contributed by atoms with van der Waals surface area (Å²) in [7, 11) is 0. The van der Waals surface area contributed by atoms with Crippen LogP contribution in [0.3, 0.4) is 0 Å². The predicted octanol–water partition coefficient (Wildman–Crippen LogP) is 5.64. The maximum atomic E-state index is 12.9. The largest absolute Gasteiger partial charge is 0.416 e. The molecule has 27 heavy (non-hydrogen) atoms. The fraction of sp³-hybridized carbons (Fsp3) is 0.111. The molecule has 3 aromatic rings. The van der Waals surface area contributed by atoms with Crippen molar-refractivity contribution in [2.24, 2.45) is 0 Å². The Kier molecular flexibility index (Phi) is 5.46. The lowest BCUT2D eigenvalue weighted by atomic mass is 10.2. The van der Waals surface area contributed by atoms with Crippen LogP contribution in [0.2, 0.25) is 5.02 Å². The summed E-state index contributed by atoms with van der Waals surface area (Å²) < 4.78 is 51.5. The van der Waals surface area contributed by atoms with Crippen molar-refractivity contribution in [1.82, 2.24) is 9.97 Å². The molecule has 0 aliphatic carbocycles. The Morgan fingerprint density at radius 1 is 1.00 bits per heavy atom. The number of alkyl halides is 3. The Bertz CT molecular complexity index is 929. The molecule has 140 valence electrons. The lowest BCUT2D eigenvalue weighted by Gasteiger charge is -2.12. The van der Waals surface area contributed by atoms with Gasteiger partial charge in [0.25, 0.3) is 0 Å². The Balaban J connectivity index is 1.73. The van der Waals surface area contributed by atoms with E-state index in [0.717, 1.165) is 17.7 Å². The maximum absolute atomic E-state index is 12.9. The van der Waals surface area contributed by atoms with Crippen molar-refractivity contribution in [2.75, 3.05) is 10.6 Å². The van der Waals surface area contributed by atoms with Gasteiger partial charge in [0, 0.05) is 12.7 Å². The van der Waals surface area contributed by atoms with Crippen LogP contribution in [-0.2, 0) is 12.7 Å². The number of hydrogen-bond acceptors (Lipinski definition) is 4. The molecule has 0 aliphatic rings. The van der Waals surface area contributed by atoms with Gasteiger partial charge in [-0.2, -0.15) is 18.2 Å². The number of nitrogens with zero attached hydrogens (tertiary/aromatic N) is 2. The molecule has 1 aromatic heterocycles. The SMILES string of the molecule is Fc1ccc(CNc2nccc(Nc3cc(C(F)(F)F)ccc3Cl)n2)cc1. The molecule has 0 atom stereocenters. The standard InChI is InChI=1S/C18H13ClF4N4/c19-14-6-3-12(18(21,22)23)9-15(14)26-16-7-8-24-17(27-16)25-10-11-1-4-13(20)5-2-11/h1-9H,10H2,(H2,24,25,26,27). The quantitative estimate of drug-likeness (QED) is 0.548. The van der Waals surface area contributed by atoms with E-state index in [-0.39, 0.29) is 28.3 Å². The molecular formula is C18H13ClF4N4. The Morgan fingerprint density at radius 3 is 2.44 bits per heavy atom. The van der Waals surface area contributed by atoms with Crippen molar-refractivity contribution < 1.29 is 17.6 Å². The molecule has 1 heterocycles. The summed E-state index contributed by atoms with van der Waals surface area (Å²) in [6.45, 7) is 0.355. The number of halogens is 5. The molecule has 0 saturated heterocycles. The van der Waals surface area contributed by atoms with Gasteiger partial charge in [-0.1, -0.05) is 23.7 Å². The summed E-state index contributed by atoms with van der Waals surface area (Å²) in [4.78, 5) is 8.23. The molecule has 0 spiro atoms. The molecule has 0 unspecified atom stereocenters. The molecule has 9 heteroatoms. The van der Waals surface area contributed by atoms with Crippen molar-refractivity contribution >= 4 is 29.1 Å². The fourth-order valence-corrected chi connectivity index (χ4v) is 2.40. The Labute approximate surface area is 157 Å². The van der Waals surface area contributed by atoms with Crippen LogP contribution in [0.15, 0.2) is 54.7 Å². The normalized spacial score (nSPS) is 11.3. The second-order valence-corrected chi connectivity index (χ2v) is 5.97. The van der Waals surface area contributed by atoms with Gasteiger partial charge < -0.3 is 10.6 Å². The maximum Gasteiger partial charge on any atom is 0.416 e. The minimum Gasteiger partial charge on any atom is -0.350 e. The first kappa shape index (κ1) is 18.9. The lowest BCUT2D eigenvalue weighted by molar-refractivity contribution is -0.137. The van der Waals surface area contributed by atoms with Gasteiger partial charge in [0.2, 0.25) is 5.95 Å². The van der Waals surface area contributed by atoms with Gasteiger partial charge in [-0.25, -0.2) is 9.37 Å². The molecule has 0 radical (unpaired) electrons. The van der Waals surface area contributed by atoms with Gasteiger partial charge in [0.15, 0.2) is 0 Å². The average Bonchev–Trinajstić information content (AvgIpc) is 2.62. The first-order chi connectivity index (χ1) is 12.8. The van der Waals surface area contributed by atoms with Gasteiger partial charge in [-0.3, -0.25) is 0 Å². The van der Waals surface area contributed by atoms with E-state index in [1.54, 1.807) is 12.1 Å². The first-order valence-corrected chi connectivity index (χ1v) is 8.14. The third-order valence-electron chi connectivity index (χ3n) is 3.58. The molecule has 0 bridgehead atoms. The van der Waals surface area contributed by atoms with Crippen LogP contribution >= 0.6 is 11.6 Å². The molecule has 2 N–H and O–H groups in total. The molecule has 2 aromatic carbocycles. The predicted molar refractivity (Wildman–Crippen MR) is 95.5 cm³/mol. The van der Waals surface area contributed by atoms with Crippen molar-refractivity contribution in [2.45, 2.75) is 12.7 Å². The highest BCUT2D eigenvalue weighted by Crippen LogP contribution is 2.34. The zero-order chi connectivity index (χ0) is 19.4. The van der Waals surface area contributed by atoms with Crippen molar-refractivity contribution in [3.05, 3.63) is 76.7 Å². The molecule has 0 saturated carbocycles. The van der Waals surface area contributed by atoms with Crippen molar-refractivity contribution in [3.8, 4) is 0 Å². The van der Waals surface area contributed by atoms with Gasteiger partial charge in [0.05, 0.1) is 16.3 Å². The second kappa shape index (κ2) is 7.79. The van der Waals surface area contributed by atoms with E-state index in [0.29, 0.717) is 6.54 Å². The van der Waals surface area contributed by atoms with E-state index in [4.69, 9.17) is 11.6 Å². The van der Waals surface area contributed by atoms with E-state index in [9.17, 15) is 17.6 Å². The second-order valence-electron chi connectivity index (χ2n) is 5.56. The van der Waals surface area contributed by atoms with E-state index >= 15 is 0 Å². The molecular weight excluding hydrogens is 384 g/mol. The van der Waals surface area contributed by atoms with Crippen LogP contribution in [0.1, 0.15) is 11.1 Å². The zero-order valence-corrected chi connectivity index (χ0v) is 14.4. The number of hydrogen-bond donors (Lipinski definition) is 2. The highest BCUT2D eigenvalue weighted by atomic mass is 35.5. The summed E-state index contributed by atoms with van der Waals surface area (Å²) in [6, 6.07) is 10.4. The summed E-state index contributed by atoms with van der Waals surface area (Å²) in [5.41, 5.74) is 0.0760. The zero-order valence-electron chi connectivity index (χ0n) is 13.7. The monoisotopic (exact) mass is 396 g/mol. The van der Waals surface area contributed by atoms with Gasteiger partial charge >= 0.3 is 6.18 Å². The number of anilines is 3. The molecule has 4 nitrogen and oxygen atoms in total. The van der Waals surface area contributed by atoms with Crippen molar-refractivity contribution in [1.29, 1.82) is 0 Å². The molecule has 0 amide bonds. The topological polar surface area (TPSA) is 49.8 Å². The Morgan fingerprint density at radius 2 is 1.74 bits per heavy atom.